The number of halogens is 3. The van der Waals surface area contributed by atoms with E-state index < -0.39 is 0 Å². The Morgan fingerprint density at radius 1 is 1.43 bits per heavy atom. The van der Waals surface area contributed by atoms with Gasteiger partial charge in [-0.15, -0.1) is 0 Å². The molecule has 1 aromatic carbocycles. The molecule has 2 rings (SSSR count). The minimum atomic E-state index is -0.270. The monoisotopic (exact) mass is 392 g/mol. The maximum absolute atomic E-state index is 6.08. The van der Waals surface area contributed by atoms with Crippen molar-refractivity contribution >= 4 is 39.1 Å². The van der Waals surface area contributed by atoms with Gasteiger partial charge in [-0.2, -0.15) is 5.10 Å². The summed E-state index contributed by atoms with van der Waals surface area (Å²) in [6.45, 7) is 1.18. The fourth-order valence-corrected chi connectivity index (χ4v) is 2.87. The summed E-state index contributed by atoms with van der Waals surface area (Å²) in [5.41, 5.74) is 4.58. The molecule has 0 saturated heterocycles. The highest BCUT2D eigenvalue weighted by atomic mass is 79.9. The van der Waals surface area contributed by atoms with Crippen LogP contribution in [0.15, 0.2) is 28.9 Å². The third kappa shape index (κ3) is 3.77. The van der Waals surface area contributed by atoms with E-state index in [1.54, 1.807) is 25.4 Å². The molecule has 0 aliphatic rings. The van der Waals surface area contributed by atoms with Gasteiger partial charge in [-0.1, -0.05) is 29.3 Å². The Balaban J connectivity index is 2.40. The number of methoxy groups -OCH3 is 1. The molecular formula is C13H15BrCl2N4O. The normalized spacial score (nSPS) is 12.6. The molecular weight excluding hydrogens is 379 g/mol. The van der Waals surface area contributed by atoms with Crippen molar-refractivity contribution < 1.29 is 4.74 Å². The molecule has 0 amide bonds. The Morgan fingerprint density at radius 3 is 2.81 bits per heavy atom. The number of nitrogens with zero attached hydrogens (tertiary/aromatic N) is 2. The van der Waals surface area contributed by atoms with Gasteiger partial charge in [0.15, 0.2) is 0 Å². The van der Waals surface area contributed by atoms with Crippen molar-refractivity contribution in [3.63, 3.8) is 0 Å². The third-order valence-corrected chi connectivity index (χ3v) is 4.41. The van der Waals surface area contributed by atoms with Crippen LogP contribution in [-0.2, 0) is 11.3 Å². The Hall–Kier alpha value is -0.630. The maximum Gasteiger partial charge on any atom is 0.0890 e. The van der Waals surface area contributed by atoms with Crippen molar-refractivity contribution in [2.24, 2.45) is 5.84 Å². The molecule has 3 N–H and O–H groups in total. The SMILES string of the molecule is COCCn1ncc(Br)c1C(NN)c1ccc(Cl)c(Cl)c1. The van der Waals surface area contributed by atoms with Crippen molar-refractivity contribution in [1.82, 2.24) is 15.2 Å². The van der Waals surface area contributed by atoms with E-state index in [1.165, 1.54) is 0 Å². The summed E-state index contributed by atoms with van der Waals surface area (Å²) in [7, 11) is 1.65. The summed E-state index contributed by atoms with van der Waals surface area (Å²) in [6, 6.07) is 5.13. The van der Waals surface area contributed by atoms with Gasteiger partial charge in [-0.3, -0.25) is 10.5 Å². The van der Waals surface area contributed by atoms with Gasteiger partial charge in [0.25, 0.3) is 0 Å². The highest BCUT2D eigenvalue weighted by Gasteiger charge is 2.21. The zero-order valence-electron chi connectivity index (χ0n) is 11.3. The summed E-state index contributed by atoms with van der Waals surface area (Å²) < 4.78 is 7.79. The Kier molecular flexibility index (Phi) is 6.04. The molecule has 0 aliphatic carbocycles. The second-order valence-corrected chi connectivity index (χ2v) is 6.04. The van der Waals surface area contributed by atoms with Crippen molar-refractivity contribution in [3.05, 3.63) is 50.2 Å². The largest absolute Gasteiger partial charge is 0.383 e. The average Bonchev–Trinajstić information content (AvgIpc) is 2.83. The smallest absolute Gasteiger partial charge is 0.0890 e. The first-order valence-electron chi connectivity index (χ1n) is 6.19. The summed E-state index contributed by atoms with van der Waals surface area (Å²) in [5, 5.41) is 5.31. The number of ether oxygens (including phenoxy) is 1. The van der Waals surface area contributed by atoms with Crippen LogP contribution < -0.4 is 11.3 Å². The van der Waals surface area contributed by atoms with Gasteiger partial charge in [0.05, 0.1) is 45.6 Å². The van der Waals surface area contributed by atoms with Crippen molar-refractivity contribution in [3.8, 4) is 0 Å². The lowest BCUT2D eigenvalue weighted by molar-refractivity contribution is 0.182. The van der Waals surface area contributed by atoms with Crippen LogP contribution in [0.3, 0.4) is 0 Å². The quantitative estimate of drug-likeness (QED) is 0.584. The highest BCUT2D eigenvalue weighted by Crippen LogP contribution is 2.31. The highest BCUT2D eigenvalue weighted by molar-refractivity contribution is 9.10. The lowest BCUT2D eigenvalue weighted by Crippen LogP contribution is -2.31. The van der Waals surface area contributed by atoms with Gasteiger partial charge in [0.2, 0.25) is 0 Å². The zero-order valence-corrected chi connectivity index (χ0v) is 14.4. The molecule has 2 aromatic rings. The first-order valence-corrected chi connectivity index (χ1v) is 7.74. The van der Waals surface area contributed by atoms with Gasteiger partial charge < -0.3 is 4.74 Å². The number of hydrazine groups is 1. The van der Waals surface area contributed by atoms with Gasteiger partial charge in [-0.05, 0) is 33.6 Å². The maximum atomic E-state index is 6.08. The van der Waals surface area contributed by atoms with Crippen LogP contribution in [0.25, 0.3) is 0 Å². The summed E-state index contributed by atoms with van der Waals surface area (Å²) in [4.78, 5) is 0. The van der Waals surface area contributed by atoms with Crippen LogP contribution in [0, 0.1) is 0 Å². The predicted molar refractivity (Wildman–Crippen MR) is 87.4 cm³/mol. The lowest BCUT2D eigenvalue weighted by atomic mass is 10.0. The molecule has 0 saturated carbocycles. The summed E-state index contributed by atoms with van der Waals surface area (Å²) >= 11 is 15.5. The van der Waals surface area contributed by atoms with Gasteiger partial charge in [0, 0.05) is 7.11 Å². The standard InChI is InChI=1S/C13H15BrCl2N4O/c1-21-5-4-20-13(9(14)7-18-20)12(19-17)8-2-3-10(15)11(16)6-8/h2-3,6-7,12,19H,4-5,17H2,1H3. The van der Waals surface area contributed by atoms with Gasteiger partial charge >= 0.3 is 0 Å². The van der Waals surface area contributed by atoms with Crippen LogP contribution in [-0.4, -0.2) is 23.5 Å². The number of rotatable bonds is 6. The fraction of sp³-hybridized carbons (Fsp3) is 0.308. The zero-order chi connectivity index (χ0) is 15.4. The Bertz CT molecular complexity index is 620. The van der Waals surface area contributed by atoms with Crippen LogP contribution in [0.4, 0.5) is 0 Å². The van der Waals surface area contributed by atoms with E-state index in [-0.39, 0.29) is 6.04 Å². The van der Waals surface area contributed by atoms with Crippen molar-refractivity contribution in [1.29, 1.82) is 0 Å². The molecule has 5 nitrogen and oxygen atoms in total. The average molecular weight is 394 g/mol. The summed E-state index contributed by atoms with van der Waals surface area (Å²) in [6.07, 6.45) is 1.73. The molecule has 0 radical (unpaired) electrons. The second-order valence-electron chi connectivity index (χ2n) is 4.37. The van der Waals surface area contributed by atoms with E-state index in [0.717, 1.165) is 15.7 Å². The molecule has 1 unspecified atom stereocenters. The number of nitrogens with two attached hydrogens (primary N) is 1. The van der Waals surface area contributed by atoms with E-state index in [0.29, 0.717) is 23.2 Å². The lowest BCUT2D eigenvalue weighted by Gasteiger charge is -2.19. The first-order chi connectivity index (χ1) is 10.1. The number of nitrogens with one attached hydrogen (secondary N) is 1. The molecule has 21 heavy (non-hydrogen) atoms. The topological polar surface area (TPSA) is 65.1 Å². The van der Waals surface area contributed by atoms with Crippen LogP contribution in [0.1, 0.15) is 17.3 Å². The van der Waals surface area contributed by atoms with Crippen LogP contribution in [0.5, 0.6) is 0 Å². The molecule has 0 spiro atoms. The molecule has 0 fully saturated rings. The van der Waals surface area contributed by atoms with Crippen LogP contribution >= 0.6 is 39.1 Å². The van der Waals surface area contributed by atoms with E-state index >= 15 is 0 Å². The molecule has 1 atom stereocenters. The number of benzene rings is 1. The molecule has 114 valence electrons. The number of aromatic nitrogens is 2. The molecule has 1 heterocycles. The first kappa shape index (κ1) is 16.7. The minimum Gasteiger partial charge on any atom is -0.383 e. The number of hydrogen-bond acceptors (Lipinski definition) is 4. The summed E-state index contributed by atoms with van der Waals surface area (Å²) in [5.74, 6) is 5.73. The Labute approximate surface area is 141 Å². The predicted octanol–water partition coefficient (Wildman–Crippen LogP) is 3.15. The third-order valence-electron chi connectivity index (χ3n) is 3.06. The number of hydrogen-bond donors (Lipinski definition) is 2. The van der Waals surface area contributed by atoms with Crippen LogP contribution in [0.2, 0.25) is 10.0 Å². The van der Waals surface area contributed by atoms with E-state index in [9.17, 15) is 0 Å². The van der Waals surface area contributed by atoms with Crippen molar-refractivity contribution in [2.45, 2.75) is 12.6 Å². The fourth-order valence-electron chi connectivity index (χ4n) is 2.04. The molecule has 8 heteroatoms. The van der Waals surface area contributed by atoms with E-state index in [1.807, 2.05) is 10.7 Å². The Morgan fingerprint density at radius 2 is 2.19 bits per heavy atom. The van der Waals surface area contributed by atoms with Crippen molar-refractivity contribution in [2.75, 3.05) is 13.7 Å². The molecule has 1 aromatic heterocycles. The second kappa shape index (κ2) is 7.58. The minimum absolute atomic E-state index is 0.270. The van der Waals surface area contributed by atoms with Gasteiger partial charge in [-0.25, -0.2) is 5.43 Å². The molecule has 0 bridgehead atoms. The van der Waals surface area contributed by atoms with Gasteiger partial charge in [0.1, 0.15) is 0 Å². The van der Waals surface area contributed by atoms with E-state index in [4.69, 9.17) is 33.8 Å². The van der Waals surface area contributed by atoms with E-state index in [2.05, 4.69) is 26.5 Å². The molecule has 0 aliphatic heterocycles.